The first kappa shape index (κ1) is 39.3. The molecule has 0 amide bonds. The summed E-state index contributed by atoms with van der Waals surface area (Å²) in [5, 5.41) is 53.5. The van der Waals surface area contributed by atoms with Crippen LogP contribution >= 0.6 is 0 Å². The fourth-order valence-corrected chi connectivity index (χ4v) is 6.58. The molecular formula is C35H46O14. The van der Waals surface area contributed by atoms with Crippen molar-refractivity contribution in [2.24, 2.45) is 17.8 Å². The van der Waals surface area contributed by atoms with Crippen molar-refractivity contribution in [2.45, 2.75) is 108 Å². The van der Waals surface area contributed by atoms with Crippen LogP contribution in [0.2, 0.25) is 0 Å². The third-order valence-electron chi connectivity index (χ3n) is 9.29. The lowest BCUT2D eigenvalue weighted by Gasteiger charge is -2.48. The number of carboxylic acid groups (broad SMARTS) is 3. The monoisotopic (exact) mass is 690 g/mol. The molecule has 2 aliphatic heterocycles. The molecule has 2 heterocycles. The van der Waals surface area contributed by atoms with Gasteiger partial charge in [-0.25, -0.2) is 19.2 Å². The summed E-state index contributed by atoms with van der Waals surface area (Å²) in [6, 6.07) is 9.29. The summed E-state index contributed by atoms with van der Waals surface area (Å²) in [4.78, 5) is 63.0. The Labute approximate surface area is 284 Å². The van der Waals surface area contributed by atoms with Gasteiger partial charge >= 0.3 is 29.8 Å². The lowest BCUT2D eigenvalue weighted by molar-refractivity contribution is -0.374. The van der Waals surface area contributed by atoms with E-state index in [9.17, 15) is 49.5 Å². The summed E-state index contributed by atoms with van der Waals surface area (Å²) in [5.41, 5.74) is -6.27. The zero-order chi connectivity index (χ0) is 36.9. The maximum Gasteiger partial charge on any atom is 0.344 e. The minimum Gasteiger partial charge on any atom is -0.479 e. The molecule has 0 aliphatic carbocycles. The number of hydrogen-bond acceptors (Lipinski definition) is 11. The molecule has 10 atom stereocenters. The number of hydrogen-bond donors (Lipinski definition) is 5. The molecule has 1 aromatic rings. The van der Waals surface area contributed by atoms with Crippen LogP contribution in [0.15, 0.2) is 54.6 Å². The second-order valence-electron chi connectivity index (χ2n) is 13.1. The van der Waals surface area contributed by atoms with E-state index in [1.165, 1.54) is 13.0 Å². The average molecular weight is 691 g/mol. The highest BCUT2D eigenvalue weighted by molar-refractivity contribution is 5.98. The summed E-state index contributed by atoms with van der Waals surface area (Å²) in [5.74, 6) is -11.3. The van der Waals surface area contributed by atoms with E-state index in [1.807, 2.05) is 51.1 Å². The molecule has 2 bridgehead atoms. The Morgan fingerprint density at radius 2 is 1.67 bits per heavy atom. The summed E-state index contributed by atoms with van der Waals surface area (Å²) in [6.07, 6.45) is -4.83. The highest BCUT2D eigenvalue weighted by Crippen LogP contribution is 2.56. The molecule has 14 nitrogen and oxygen atoms in total. The van der Waals surface area contributed by atoms with Crippen molar-refractivity contribution in [3.8, 4) is 0 Å². The molecule has 270 valence electrons. The lowest BCUT2D eigenvalue weighted by atomic mass is 9.74. The summed E-state index contributed by atoms with van der Waals surface area (Å²) in [6.45, 7) is 12.9. The average Bonchev–Trinajstić information content (AvgIpc) is 3.25. The zero-order valence-electron chi connectivity index (χ0n) is 28.2. The van der Waals surface area contributed by atoms with Gasteiger partial charge < -0.3 is 44.5 Å². The number of ether oxygens (including phenoxy) is 4. The number of allylic oxidation sites excluding steroid dienone is 1. The van der Waals surface area contributed by atoms with Crippen molar-refractivity contribution in [2.75, 3.05) is 0 Å². The Kier molecular flexibility index (Phi) is 12.5. The number of carbonyl (C=O) groups excluding carboxylic acids is 2. The van der Waals surface area contributed by atoms with Gasteiger partial charge in [-0.05, 0) is 42.2 Å². The van der Waals surface area contributed by atoms with Gasteiger partial charge in [0.2, 0.25) is 23.1 Å². The van der Waals surface area contributed by atoms with Gasteiger partial charge in [-0.2, -0.15) is 0 Å². The van der Waals surface area contributed by atoms with E-state index in [1.54, 1.807) is 6.92 Å². The molecule has 2 fully saturated rings. The Balaban J connectivity index is 2.02. The van der Waals surface area contributed by atoms with Gasteiger partial charge in [0.1, 0.15) is 12.2 Å². The topological polar surface area (TPSA) is 223 Å². The highest BCUT2D eigenvalue weighted by atomic mass is 16.8. The standard InChI is InChI=1S/C35H46O14/c1-7-19(2)17-20(3)13-14-25(37)47-28-27(38)33(48-29(30(39)40)34(45,31(41)42)35(28,49-33)32(43)44)16-15-21(4)26(46-23(6)36)22(5)18-24-11-9-8-10-12-24/h8-14,19-20,22,26-29,38,45H,4,7,15-18H2,1-3,5-6H3,(H,39,40)(H,41,42)(H,43,44)/b14-13+/t19?,20?,22?,26?,27-,28-,29+,33+,34-,35+/m1/s1. The van der Waals surface area contributed by atoms with E-state index in [-0.39, 0.29) is 23.8 Å². The molecular weight excluding hydrogens is 644 g/mol. The SMILES string of the molecule is C=C(CC[C@]12O[C@@H](C(=O)O)[C@@](O)(C(=O)O)[C@](C(=O)O)(O1)[C@H](OC(=O)/C=C/C(C)CC(C)CC)[C@H]2O)C(OC(C)=O)C(C)Cc1ccccc1. The minimum atomic E-state index is -3.90. The van der Waals surface area contributed by atoms with Crippen LogP contribution < -0.4 is 0 Å². The third-order valence-corrected chi connectivity index (χ3v) is 9.29. The van der Waals surface area contributed by atoms with Crippen molar-refractivity contribution in [1.82, 2.24) is 0 Å². The van der Waals surface area contributed by atoms with Crippen molar-refractivity contribution >= 4 is 29.8 Å². The van der Waals surface area contributed by atoms with Gasteiger partial charge in [0.05, 0.1) is 0 Å². The number of carbonyl (C=O) groups is 5. The van der Waals surface area contributed by atoms with Gasteiger partial charge in [-0.15, -0.1) is 0 Å². The number of aliphatic hydroxyl groups excluding tert-OH is 1. The first-order valence-electron chi connectivity index (χ1n) is 16.1. The third kappa shape index (κ3) is 7.88. The quantitative estimate of drug-likeness (QED) is 0.0901. The molecule has 49 heavy (non-hydrogen) atoms. The van der Waals surface area contributed by atoms with E-state index in [0.717, 1.165) is 18.1 Å². The second-order valence-corrected chi connectivity index (χ2v) is 13.1. The van der Waals surface area contributed by atoms with Gasteiger partial charge in [-0.1, -0.05) is 77.1 Å². The second kappa shape index (κ2) is 15.6. The maximum atomic E-state index is 13.0. The lowest BCUT2D eigenvalue weighted by Crippen LogP contribution is -2.78. The van der Waals surface area contributed by atoms with Gasteiger partial charge in [0, 0.05) is 25.3 Å². The fourth-order valence-electron chi connectivity index (χ4n) is 6.58. The normalized spacial score (nSPS) is 30.1. The predicted molar refractivity (Wildman–Crippen MR) is 171 cm³/mol. The van der Waals surface area contributed by atoms with E-state index < -0.39 is 77.7 Å². The van der Waals surface area contributed by atoms with Crippen LogP contribution in [0.3, 0.4) is 0 Å². The number of esters is 2. The zero-order valence-corrected chi connectivity index (χ0v) is 28.2. The van der Waals surface area contributed by atoms with Crippen LogP contribution in [-0.4, -0.2) is 96.8 Å². The molecule has 5 N–H and O–H groups in total. The van der Waals surface area contributed by atoms with E-state index in [4.69, 9.17) is 18.9 Å². The molecule has 0 spiro atoms. The van der Waals surface area contributed by atoms with Crippen LogP contribution in [0.1, 0.15) is 65.9 Å². The van der Waals surface area contributed by atoms with E-state index in [0.29, 0.717) is 18.8 Å². The number of rotatable bonds is 17. The molecule has 3 rings (SSSR count). The number of benzene rings is 1. The number of aliphatic hydroxyl groups is 2. The maximum absolute atomic E-state index is 13.0. The largest absolute Gasteiger partial charge is 0.479 e. The molecule has 1 aromatic carbocycles. The Bertz CT molecular complexity index is 1440. The summed E-state index contributed by atoms with van der Waals surface area (Å²) in [7, 11) is 0. The number of aliphatic carboxylic acids is 3. The first-order valence-corrected chi connectivity index (χ1v) is 16.1. The molecule has 0 radical (unpaired) electrons. The number of carboxylic acids is 3. The smallest absolute Gasteiger partial charge is 0.344 e. The van der Waals surface area contributed by atoms with Crippen molar-refractivity contribution in [1.29, 1.82) is 0 Å². The van der Waals surface area contributed by atoms with Crippen LogP contribution in [0.5, 0.6) is 0 Å². The number of fused-ring (bicyclic) bond motifs is 2. The van der Waals surface area contributed by atoms with Crippen LogP contribution in [-0.2, 0) is 49.3 Å². The molecule has 4 unspecified atom stereocenters. The van der Waals surface area contributed by atoms with Gasteiger partial charge in [-0.3, -0.25) is 4.79 Å². The minimum absolute atomic E-state index is 0.123. The summed E-state index contributed by atoms with van der Waals surface area (Å²) >= 11 is 0. The highest BCUT2D eigenvalue weighted by Gasteiger charge is 2.85. The molecule has 0 aromatic heterocycles. The van der Waals surface area contributed by atoms with Crippen molar-refractivity contribution in [3.63, 3.8) is 0 Å². The molecule has 2 aliphatic rings. The summed E-state index contributed by atoms with van der Waals surface area (Å²) < 4.78 is 22.0. The van der Waals surface area contributed by atoms with E-state index in [2.05, 4.69) is 6.58 Å². The molecule has 0 saturated carbocycles. The fraction of sp³-hybridized carbons (Fsp3) is 0.571. The van der Waals surface area contributed by atoms with E-state index >= 15 is 0 Å². The molecule has 14 heteroatoms. The Morgan fingerprint density at radius 1 is 1.04 bits per heavy atom. The van der Waals surface area contributed by atoms with Gasteiger partial charge in [0.15, 0.2) is 6.10 Å². The van der Waals surface area contributed by atoms with Crippen LogP contribution in [0.4, 0.5) is 0 Å². The van der Waals surface area contributed by atoms with Crippen LogP contribution in [0.25, 0.3) is 0 Å². The Morgan fingerprint density at radius 3 is 2.20 bits per heavy atom. The van der Waals surface area contributed by atoms with Gasteiger partial charge in [0.25, 0.3) is 0 Å². The van der Waals surface area contributed by atoms with Crippen molar-refractivity contribution < 1.29 is 68.5 Å². The van der Waals surface area contributed by atoms with Crippen molar-refractivity contribution in [3.05, 3.63) is 60.2 Å². The van der Waals surface area contributed by atoms with Crippen LogP contribution in [0, 0.1) is 17.8 Å². The Hall–Kier alpha value is -4.11. The molecule has 2 saturated heterocycles. The predicted octanol–water partition coefficient (Wildman–Crippen LogP) is 2.88. The first-order chi connectivity index (χ1) is 22.9.